The second-order valence-corrected chi connectivity index (χ2v) is 17.3. The Morgan fingerprint density at radius 2 is 1.69 bits per heavy atom. The fraction of sp³-hybridized carbons (Fsp3) is 0.629. The number of hydrogen-bond acceptors (Lipinski definition) is 9. The van der Waals surface area contributed by atoms with E-state index in [0.717, 1.165) is 16.0 Å². The molecule has 17 heteroatoms. The molecule has 52 heavy (non-hydrogen) atoms. The number of halogens is 2. The summed E-state index contributed by atoms with van der Waals surface area (Å²) in [6.45, 7) is 5.06. The van der Waals surface area contributed by atoms with Crippen LogP contribution in [0.4, 0.5) is 18.4 Å². The van der Waals surface area contributed by atoms with Gasteiger partial charge in [0.2, 0.25) is 27.8 Å². The molecule has 0 aromatic heterocycles. The van der Waals surface area contributed by atoms with Crippen molar-refractivity contribution in [1.82, 2.24) is 25.2 Å². The largest absolute Gasteiger partial charge is 0.444 e. The lowest BCUT2D eigenvalue weighted by Crippen LogP contribution is -2.58. The highest BCUT2D eigenvalue weighted by Crippen LogP contribution is 2.46. The minimum atomic E-state index is -4.01. The molecular formula is C35H45F2N5O9S. The Balaban J connectivity index is 1.28. The average molecular weight is 750 g/mol. The fourth-order valence-electron chi connectivity index (χ4n) is 6.96. The summed E-state index contributed by atoms with van der Waals surface area (Å²) >= 11 is 0. The maximum Gasteiger partial charge on any atom is 0.410 e. The van der Waals surface area contributed by atoms with E-state index in [0.29, 0.717) is 25.9 Å². The van der Waals surface area contributed by atoms with Gasteiger partial charge in [-0.2, -0.15) is 0 Å². The normalized spacial score (nSPS) is 29.6. The zero-order chi connectivity index (χ0) is 37.6. The van der Waals surface area contributed by atoms with Gasteiger partial charge < -0.3 is 25.0 Å². The van der Waals surface area contributed by atoms with Gasteiger partial charge in [0.05, 0.1) is 11.8 Å². The number of allylic oxidation sites excluding steroid dienone is 1. The summed E-state index contributed by atoms with van der Waals surface area (Å²) in [4.78, 5) is 70.7. The number of amides is 5. The van der Waals surface area contributed by atoms with Gasteiger partial charge in [-0.05, 0) is 64.0 Å². The number of fused-ring (bicyclic) bond motifs is 3. The first-order valence-corrected chi connectivity index (χ1v) is 19.2. The monoisotopic (exact) mass is 749 g/mol. The molecule has 1 aromatic rings. The van der Waals surface area contributed by atoms with Gasteiger partial charge >= 0.3 is 12.2 Å². The highest BCUT2D eigenvalue weighted by molar-refractivity contribution is 7.91. The van der Waals surface area contributed by atoms with E-state index in [4.69, 9.17) is 9.47 Å². The number of sulfonamides is 1. The molecule has 6 rings (SSSR count). The highest BCUT2D eigenvalue weighted by atomic mass is 32.2. The summed E-state index contributed by atoms with van der Waals surface area (Å²) in [5, 5.41) is 4.36. The van der Waals surface area contributed by atoms with Crippen LogP contribution in [0.3, 0.4) is 0 Å². The molecule has 3 aliphatic heterocycles. The Bertz CT molecular complexity index is 1740. The first-order chi connectivity index (χ1) is 24.4. The van der Waals surface area contributed by atoms with Crippen LogP contribution in [0.2, 0.25) is 0 Å². The summed E-state index contributed by atoms with van der Waals surface area (Å²) in [5.41, 5.74) is -0.809. The molecule has 0 unspecified atom stereocenters. The smallest absolute Gasteiger partial charge is 0.410 e. The van der Waals surface area contributed by atoms with E-state index in [1.165, 1.54) is 17.1 Å². The lowest BCUT2D eigenvalue weighted by Gasteiger charge is -2.31. The number of carbonyl (C=O) groups excluding carboxylic acids is 5. The lowest BCUT2D eigenvalue weighted by molar-refractivity contribution is -0.141. The lowest BCUT2D eigenvalue weighted by atomic mass is 10.0. The van der Waals surface area contributed by atoms with Gasteiger partial charge in [0.25, 0.3) is 5.91 Å². The third-order valence-electron chi connectivity index (χ3n) is 10.0. The Morgan fingerprint density at radius 1 is 1.02 bits per heavy atom. The Kier molecular flexibility index (Phi) is 10.0. The minimum absolute atomic E-state index is 0.00488. The maximum atomic E-state index is 15.2. The van der Waals surface area contributed by atoms with E-state index < -0.39 is 106 Å². The number of nitrogens with zero attached hydrogens (tertiary/aromatic N) is 2. The van der Waals surface area contributed by atoms with Gasteiger partial charge in [-0.25, -0.2) is 26.8 Å². The van der Waals surface area contributed by atoms with Crippen LogP contribution in [-0.4, -0.2) is 95.2 Å². The van der Waals surface area contributed by atoms with Crippen molar-refractivity contribution in [3.05, 3.63) is 47.5 Å². The number of ether oxygens (including phenoxy) is 2. The molecule has 0 spiro atoms. The molecule has 0 bridgehead atoms. The SMILES string of the molecule is CC(C)(C)OC(=O)N[C@H]1CCC(F)(F)CC/C=C\[C@@H]2C[C@@]2(C(=O)NS(=O)(=O)C2CC2)NC(=O)[C@@H]2C[C@@H](OC(=O)N3Cc4ccccc4C3)CN2C1=O. The van der Waals surface area contributed by atoms with Gasteiger partial charge in [-0.15, -0.1) is 0 Å². The zero-order valence-corrected chi connectivity index (χ0v) is 30.2. The van der Waals surface area contributed by atoms with Crippen LogP contribution in [0.5, 0.6) is 0 Å². The zero-order valence-electron chi connectivity index (χ0n) is 29.4. The van der Waals surface area contributed by atoms with Crippen molar-refractivity contribution in [2.75, 3.05) is 6.54 Å². The number of alkyl carbamates (subject to hydrolysis) is 1. The van der Waals surface area contributed by atoms with Crippen molar-refractivity contribution in [2.45, 2.75) is 126 Å². The molecule has 3 heterocycles. The van der Waals surface area contributed by atoms with E-state index >= 15 is 8.78 Å². The summed E-state index contributed by atoms with van der Waals surface area (Å²) in [5.74, 6) is -6.63. The van der Waals surface area contributed by atoms with Crippen LogP contribution in [0.1, 0.15) is 83.3 Å². The quantitative estimate of drug-likeness (QED) is 0.381. The Morgan fingerprint density at radius 3 is 2.33 bits per heavy atom. The van der Waals surface area contributed by atoms with E-state index in [-0.39, 0.29) is 25.8 Å². The standard InChI is InChI=1S/C35H45F2N5O9S/c1-33(2,3)51-31(46)38-26-13-15-34(36,37)14-7-6-10-23-17-35(23,30(45)40-52(48,49)25-11-12-25)39-28(43)27-16-24(20-42(27)29(26)44)50-32(47)41-18-21-8-4-5-9-22(21)19-41/h4-6,8-10,23-27H,7,11-20H2,1-3H3,(H,38,46)(H,39,43)(H,40,45)/b10-6-/t23-,24-,26+,27+,35-/m1/s1. The van der Waals surface area contributed by atoms with Crippen LogP contribution >= 0.6 is 0 Å². The van der Waals surface area contributed by atoms with Crippen LogP contribution in [0.25, 0.3) is 0 Å². The molecule has 5 atom stereocenters. The highest BCUT2D eigenvalue weighted by Gasteiger charge is 2.62. The van der Waals surface area contributed by atoms with Crippen molar-refractivity contribution >= 4 is 39.9 Å². The van der Waals surface area contributed by atoms with Crippen molar-refractivity contribution in [1.29, 1.82) is 0 Å². The molecule has 5 aliphatic rings. The van der Waals surface area contributed by atoms with Crippen molar-refractivity contribution in [3.8, 4) is 0 Å². The molecule has 5 amide bonds. The summed E-state index contributed by atoms with van der Waals surface area (Å²) in [6.07, 6.45) is -1.17. The summed E-state index contributed by atoms with van der Waals surface area (Å²) in [7, 11) is -4.01. The van der Waals surface area contributed by atoms with Crippen molar-refractivity contribution < 1.29 is 50.6 Å². The van der Waals surface area contributed by atoms with Crippen LogP contribution < -0.4 is 15.4 Å². The average Bonchev–Trinajstić information content (AvgIpc) is 3.94. The van der Waals surface area contributed by atoms with Gasteiger partial charge in [-0.3, -0.25) is 24.0 Å². The van der Waals surface area contributed by atoms with Crippen LogP contribution in [-0.2, 0) is 47.0 Å². The second kappa shape index (κ2) is 13.9. The predicted octanol–water partition coefficient (Wildman–Crippen LogP) is 3.25. The van der Waals surface area contributed by atoms with Gasteiger partial charge in [-0.1, -0.05) is 36.4 Å². The molecule has 2 aliphatic carbocycles. The molecule has 3 N–H and O–H groups in total. The molecule has 1 aromatic carbocycles. The summed E-state index contributed by atoms with van der Waals surface area (Å²) < 4.78 is 69.0. The minimum Gasteiger partial charge on any atom is -0.444 e. The number of alkyl halides is 2. The first-order valence-electron chi connectivity index (χ1n) is 17.6. The van der Waals surface area contributed by atoms with Gasteiger partial charge in [0, 0.05) is 38.3 Å². The molecule has 0 radical (unpaired) electrons. The van der Waals surface area contributed by atoms with E-state index in [2.05, 4.69) is 15.4 Å². The molecule has 1 saturated heterocycles. The first kappa shape index (κ1) is 37.5. The predicted molar refractivity (Wildman–Crippen MR) is 181 cm³/mol. The molecule has 2 saturated carbocycles. The van der Waals surface area contributed by atoms with Gasteiger partial charge in [0.15, 0.2) is 0 Å². The van der Waals surface area contributed by atoms with E-state index in [1.807, 2.05) is 24.3 Å². The van der Waals surface area contributed by atoms with Crippen molar-refractivity contribution in [2.24, 2.45) is 5.92 Å². The molecule has 284 valence electrons. The second-order valence-electron chi connectivity index (χ2n) is 15.4. The number of benzene rings is 1. The third-order valence-corrected chi connectivity index (χ3v) is 11.8. The topological polar surface area (TPSA) is 181 Å². The number of rotatable bonds is 5. The molecular weight excluding hydrogens is 704 g/mol. The number of nitrogens with one attached hydrogen (secondary N) is 3. The summed E-state index contributed by atoms with van der Waals surface area (Å²) in [6, 6.07) is 4.57. The number of carbonyl (C=O) groups is 5. The van der Waals surface area contributed by atoms with Crippen LogP contribution in [0.15, 0.2) is 36.4 Å². The number of hydrogen-bond donors (Lipinski definition) is 3. The van der Waals surface area contributed by atoms with Crippen LogP contribution in [0, 0.1) is 5.92 Å². The van der Waals surface area contributed by atoms with E-state index in [1.54, 1.807) is 20.8 Å². The Labute approximate surface area is 301 Å². The maximum absolute atomic E-state index is 15.2. The van der Waals surface area contributed by atoms with Crippen molar-refractivity contribution in [3.63, 3.8) is 0 Å². The fourth-order valence-corrected chi connectivity index (χ4v) is 8.33. The van der Waals surface area contributed by atoms with E-state index in [9.17, 15) is 32.4 Å². The van der Waals surface area contributed by atoms with Gasteiger partial charge in [0.1, 0.15) is 29.3 Å². The Hall–Kier alpha value is -4.28. The molecule has 14 nitrogen and oxygen atoms in total. The molecule has 3 fully saturated rings. The third kappa shape index (κ3) is 8.50.